The number of carbonyl (C=O) groups excluding carboxylic acids is 1. The van der Waals surface area contributed by atoms with Gasteiger partial charge in [0.15, 0.2) is 0 Å². The highest BCUT2D eigenvalue weighted by atomic mass is 32.2. The fraction of sp³-hybridized carbons (Fsp3) is 0.0952. The summed E-state index contributed by atoms with van der Waals surface area (Å²) in [5.41, 5.74) is 1.21. The van der Waals surface area contributed by atoms with Gasteiger partial charge in [-0.1, -0.05) is 30.3 Å². The van der Waals surface area contributed by atoms with Crippen LogP contribution in [0.15, 0.2) is 77.7 Å². The molecule has 0 spiro atoms. The standard InChI is InChI=1S/C21H19FN2O4S/c1-28-20-8-3-2-7-19(20)24-29(26,27)18-6-4-5-16(13-18)21(25)23-14-15-9-11-17(22)12-10-15/h2-13,24H,14H2,1H3,(H,23,25). The largest absolute Gasteiger partial charge is 0.495 e. The van der Waals surface area contributed by atoms with Gasteiger partial charge in [0.25, 0.3) is 15.9 Å². The highest BCUT2D eigenvalue weighted by Crippen LogP contribution is 2.26. The number of benzene rings is 3. The van der Waals surface area contributed by atoms with Crippen LogP contribution in [0.4, 0.5) is 10.1 Å². The normalized spacial score (nSPS) is 11.0. The predicted octanol–water partition coefficient (Wildman–Crippen LogP) is 3.57. The van der Waals surface area contributed by atoms with E-state index in [4.69, 9.17) is 4.74 Å². The van der Waals surface area contributed by atoms with E-state index < -0.39 is 15.9 Å². The van der Waals surface area contributed by atoms with Gasteiger partial charge in [-0.05, 0) is 48.0 Å². The lowest BCUT2D eigenvalue weighted by molar-refractivity contribution is 0.0950. The molecule has 0 radical (unpaired) electrons. The maximum Gasteiger partial charge on any atom is 0.262 e. The molecule has 1 amide bonds. The number of carbonyl (C=O) groups is 1. The van der Waals surface area contributed by atoms with Gasteiger partial charge in [-0.15, -0.1) is 0 Å². The van der Waals surface area contributed by atoms with Gasteiger partial charge >= 0.3 is 0 Å². The Labute approximate surface area is 168 Å². The fourth-order valence-electron chi connectivity index (χ4n) is 2.62. The van der Waals surface area contributed by atoms with Gasteiger partial charge in [-0.25, -0.2) is 12.8 Å². The average molecular weight is 414 g/mol. The number of halogens is 1. The van der Waals surface area contributed by atoms with E-state index in [0.717, 1.165) is 5.56 Å². The van der Waals surface area contributed by atoms with Crippen molar-refractivity contribution in [1.82, 2.24) is 5.32 Å². The van der Waals surface area contributed by atoms with Crippen LogP contribution in [-0.2, 0) is 16.6 Å². The van der Waals surface area contributed by atoms with Gasteiger partial charge < -0.3 is 10.1 Å². The Kier molecular flexibility index (Phi) is 6.13. The number of sulfonamides is 1. The van der Waals surface area contributed by atoms with Gasteiger partial charge in [0.2, 0.25) is 0 Å². The Hall–Kier alpha value is -3.39. The van der Waals surface area contributed by atoms with Crippen molar-refractivity contribution in [2.24, 2.45) is 0 Å². The Bertz CT molecular complexity index is 1120. The van der Waals surface area contributed by atoms with Crippen LogP contribution in [-0.4, -0.2) is 21.4 Å². The summed E-state index contributed by atoms with van der Waals surface area (Å²) < 4.78 is 46.0. The molecule has 0 aliphatic carbocycles. The molecule has 0 atom stereocenters. The first kappa shape index (κ1) is 20.3. The minimum absolute atomic E-state index is 0.0576. The molecule has 150 valence electrons. The second-order valence-corrected chi connectivity index (χ2v) is 7.83. The Morgan fingerprint density at radius 3 is 2.45 bits per heavy atom. The summed E-state index contributed by atoms with van der Waals surface area (Å²) in [6, 6.07) is 18.0. The van der Waals surface area contributed by atoms with Gasteiger partial charge in [0.1, 0.15) is 11.6 Å². The zero-order valence-electron chi connectivity index (χ0n) is 15.6. The van der Waals surface area contributed by atoms with E-state index in [-0.39, 0.29) is 22.8 Å². The quantitative estimate of drug-likeness (QED) is 0.619. The lowest BCUT2D eigenvalue weighted by Crippen LogP contribution is -2.23. The number of nitrogens with one attached hydrogen (secondary N) is 2. The predicted molar refractivity (Wildman–Crippen MR) is 108 cm³/mol. The van der Waals surface area contributed by atoms with Crippen LogP contribution in [0.1, 0.15) is 15.9 Å². The van der Waals surface area contributed by atoms with Gasteiger partial charge in [-0.2, -0.15) is 0 Å². The molecular formula is C21H19FN2O4S. The number of ether oxygens (including phenoxy) is 1. The lowest BCUT2D eigenvalue weighted by atomic mass is 10.2. The number of amides is 1. The van der Waals surface area contributed by atoms with E-state index in [1.807, 2.05) is 0 Å². The monoisotopic (exact) mass is 414 g/mol. The third-order valence-electron chi connectivity index (χ3n) is 4.12. The van der Waals surface area contributed by atoms with Crippen molar-refractivity contribution >= 4 is 21.6 Å². The summed E-state index contributed by atoms with van der Waals surface area (Å²) in [6.45, 7) is 0.190. The first-order valence-corrected chi connectivity index (χ1v) is 10.2. The maximum absolute atomic E-state index is 13.0. The molecular weight excluding hydrogens is 395 g/mol. The second-order valence-electron chi connectivity index (χ2n) is 6.14. The number of hydrogen-bond acceptors (Lipinski definition) is 4. The first-order chi connectivity index (χ1) is 13.9. The molecule has 0 aliphatic rings. The number of hydrogen-bond donors (Lipinski definition) is 2. The van der Waals surface area contributed by atoms with E-state index in [1.165, 1.54) is 43.5 Å². The Balaban J connectivity index is 1.75. The summed E-state index contributed by atoms with van der Waals surface area (Å²) >= 11 is 0. The molecule has 0 saturated carbocycles. The number of methoxy groups -OCH3 is 1. The molecule has 3 rings (SSSR count). The summed E-state index contributed by atoms with van der Waals surface area (Å²) in [5.74, 6) is -0.423. The molecule has 3 aromatic carbocycles. The lowest BCUT2D eigenvalue weighted by Gasteiger charge is -2.12. The van der Waals surface area contributed by atoms with E-state index >= 15 is 0 Å². The Morgan fingerprint density at radius 2 is 1.72 bits per heavy atom. The number of para-hydroxylation sites is 2. The van der Waals surface area contributed by atoms with Crippen molar-refractivity contribution in [1.29, 1.82) is 0 Å². The van der Waals surface area contributed by atoms with E-state index in [9.17, 15) is 17.6 Å². The van der Waals surface area contributed by atoms with Crippen LogP contribution >= 0.6 is 0 Å². The second kappa shape index (κ2) is 8.74. The molecule has 6 nitrogen and oxygen atoms in total. The van der Waals surface area contributed by atoms with Crippen LogP contribution in [0.5, 0.6) is 5.75 Å². The van der Waals surface area contributed by atoms with Gasteiger partial charge in [0.05, 0.1) is 17.7 Å². The average Bonchev–Trinajstić information content (AvgIpc) is 2.73. The molecule has 0 fully saturated rings. The first-order valence-electron chi connectivity index (χ1n) is 8.67. The van der Waals surface area contributed by atoms with E-state index in [0.29, 0.717) is 11.4 Å². The van der Waals surface area contributed by atoms with Crippen molar-refractivity contribution in [3.63, 3.8) is 0 Å². The van der Waals surface area contributed by atoms with Crippen molar-refractivity contribution in [2.75, 3.05) is 11.8 Å². The van der Waals surface area contributed by atoms with Gasteiger partial charge in [0, 0.05) is 12.1 Å². The molecule has 29 heavy (non-hydrogen) atoms. The van der Waals surface area contributed by atoms with Crippen LogP contribution in [0.2, 0.25) is 0 Å². The fourth-order valence-corrected chi connectivity index (χ4v) is 3.74. The van der Waals surface area contributed by atoms with Crippen LogP contribution in [0.3, 0.4) is 0 Å². The molecule has 0 unspecified atom stereocenters. The van der Waals surface area contributed by atoms with Crippen LogP contribution in [0.25, 0.3) is 0 Å². The van der Waals surface area contributed by atoms with E-state index in [2.05, 4.69) is 10.0 Å². The van der Waals surface area contributed by atoms with Crippen LogP contribution < -0.4 is 14.8 Å². The number of anilines is 1. The van der Waals surface area contributed by atoms with E-state index in [1.54, 1.807) is 36.4 Å². The maximum atomic E-state index is 13.0. The molecule has 0 saturated heterocycles. The minimum atomic E-state index is -3.93. The zero-order chi connectivity index (χ0) is 20.9. The van der Waals surface area contributed by atoms with Crippen molar-refractivity contribution < 1.29 is 22.3 Å². The molecule has 0 aliphatic heterocycles. The molecule has 0 bridgehead atoms. The van der Waals surface area contributed by atoms with Crippen LogP contribution in [0, 0.1) is 5.82 Å². The molecule has 3 aromatic rings. The number of rotatable bonds is 7. The SMILES string of the molecule is COc1ccccc1NS(=O)(=O)c1cccc(C(=O)NCc2ccc(F)cc2)c1. The van der Waals surface area contributed by atoms with Crippen molar-refractivity contribution in [2.45, 2.75) is 11.4 Å². The van der Waals surface area contributed by atoms with Gasteiger partial charge in [-0.3, -0.25) is 9.52 Å². The van der Waals surface area contributed by atoms with Crippen molar-refractivity contribution in [3.05, 3.63) is 89.7 Å². The summed E-state index contributed by atoms with van der Waals surface area (Å²) in [5, 5.41) is 2.68. The molecule has 8 heteroatoms. The smallest absolute Gasteiger partial charge is 0.262 e. The summed E-state index contributed by atoms with van der Waals surface area (Å²) in [7, 11) is -2.48. The molecule has 0 aromatic heterocycles. The zero-order valence-corrected chi connectivity index (χ0v) is 16.4. The third kappa shape index (κ3) is 5.11. The minimum Gasteiger partial charge on any atom is -0.495 e. The molecule has 2 N–H and O–H groups in total. The topological polar surface area (TPSA) is 84.5 Å². The summed E-state index contributed by atoms with van der Waals surface area (Å²) in [4.78, 5) is 12.3. The Morgan fingerprint density at radius 1 is 1.00 bits per heavy atom. The highest BCUT2D eigenvalue weighted by molar-refractivity contribution is 7.92. The molecule has 0 heterocycles. The third-order valence-corrected chi connectivity index (χ3v) is 5.49. The highest BCUT2D eigenvalue weighted by Gasteiger charge is 2.18. The van der Waals surface area contributed by atoms with Crippen molar-refractivity contribution in [3.8, 4) is 5.75 Å². The summed E-state index contributed by atoms with van der Waals surface area (Å²) in [6.07, 6.45) is 0.